The van der Waals surface area contributed by atoms with Gasteiger partial charge < -0.3 is 5.73 Å². The van der Waals surface area contributed by atoms with Crippen LogP contribution in [0.2, 0.25) is 0 Å². The molecule has 0 aliphatic heterocycles. The van der Waals surface area contributed by atoms with E-state index in [0.29, 0.717) is 24.4 Å². The van der Waals surface area contributed by atoms with Gasteiger partial charge in [0, 0.05) is 29.8 Å². The highest BCUT2D eigenvalue weighted by Gasteiger charge is 2.28. The van der Waals surface area contributed by atoms with E-state index in [4.69, 9.17) is 10.0 Å². The van der Waals surface area contributed by atoms with Crippen LogP contribution in [0.5, 0.6) is 0 Å². The predicted octanol–water partition coefficient (Wildman–Crippen LogP) is 2.27. The van der Waals surface area contributed by atoms with E-state index in [9.17, 15) is 8.42 Å². The van der Waals surface area contributed by atoms with Gasteiger partial charge in [0.15, 0.2) is 0 Å². The number of nitrogens with two attached hydrogens (primary N) is 1. The molecule has 2 aromatic carbocycles. The van der Waals surface area contributed by atoms with Gasteiger partial charge in [-0.3, -0.25) is 0 Å². The first-order valence-electron chi connectivity index (χ1n) is 8.32. The van der Waals surface area contributed by atoms with Gasteiger partial charge in [0.2, 0.25) is 5.69 Å². The summed E-state index contributed by atoms with van der Waals surface area (Å²) >= 11 is 0. The monoisotopic (exact) mass is 369 g/mol. The Morgan fingerprint density at radius 3 is 2.27 bits per heavy atom. The molecule has 5 nitrogen and oxygen atoms in total. The average Bonchev–Trinajstić information content (AvgIpc) is 2.64. The summed E-state index contributed by atoms with van der Waals surface area (Å²) in [5.41, 5.74) is 8.85. The highest BCUT2D eigenvalue weighted by Crippen LogP contribution is 2.17. The summed E-state index contributed by atoms with van der Waals surface area (Å²) in [4.78, 5) is 0.108. The van der Waals surface area contributed by atoms with Crippen molar-refractivity contribution in [2.75, 3.05) is 6.54 Å². The van der Waals surface area contributed by atoms with E-state index in [1.165, 1.54) is 4.73 Å². The largest absolute Gasteiger partial charge is 0.396 e. The second-order valence-electron chi connectivity index (χ2n) is 5.94. The van der Waals surface area contributed by atoms with Crippen molar-refractivity contribution in [2.45, 2.75) is 18.2 Å². The average molecular weight is 369 g/mol. The van der Waals surface area contributed by atoms with Crippen molar-refractivity contribution >= 4 is 10.1 Å². The molecule has 0 aliphatic rings. The Hall–Kier alpha value is -2.70. The molecule has 6 heteroatoms. The van der Waals surface area contributed by atoms with Crippen LogP contribution in [-0.2, 0) is 16.5 Å². The molecule has 0 saturated heterocycles. The number of aromatic nitrogens is 1. The Morgan fingerprint density at radius 2 is 1.62 bits per heavy atom. The maximum Gasteiger partial charge on any atom is 0.396 e. The minimum Gasteiger partial charge on any atom is -0.330 e. The van der Waals surface area contributed by atoms with Crippen LogP contribution in [0, 0.1) is 6.92 Å². The molecule has 134 valence electrons. The molecular weight excluding hydrogens is 348 g/mol. The number of rotatable bonds is 6. The Kier molecular flexibility index (Phi) is 5.35. The van der Waals surface area contributed by atoms with Gasteiger partial charge in [0.25, 0.3) is 5.69 Å². The van der Waals surface area contributed by atoms with Crippen molar-refractivity contribution in [3.05, 3.63) is 84.1 Å². The molecule has 0 radical (unpaired) electrons. The van der Waals surface area contributed by atoms with Crippen LogP contribution in [0.25, 0.3) is 11.3 Å². The fraction of sp³-hybridized carbons (Fsp3) is 0.150. The van der Waals surface area contributed by atoms with Gasteiger partial charge in [-0.2, -0.15) is 8.42 Å². The Labute approximate surface area is 153 Å². The lowest BCUT2D eigenvalue weighted by molar-refractivity contribution is -0.852. The van der Waals surface area contributed by atoms with Gasteiger partial charge in [0.1, 0.15) is 4.90 Å². The molecule has 0 atom stereocenters. The van der Waals surface area contributed by atoms with Crippen molar-refractivity contribution in [1.82, 2.24) is 0 Å². The van der Waals surface area contributed by atoms with Crippen LogP contribution in [0.1, 0.15) is 11.3 Å². The fourth-order valence-corrected chi connectivity index (χ4v) is 3.56. The molecule has 0 unspecified atom stereocenters. The minimum absolute atomic E-state index is 0.108. The molecule has 1 heterocycles. The van der Waals surface area contributed by atoms with Crippen LogP contribution in [-0.4, -0.2) is 15.0 Å². The van der Waals surface area contributed by atoms with Crippen molar-refractivity contribution < 1.29 is 17.4 Å². The number of nitrogens with zero attached hydrogens (tertiary/aromatic N) is 1. The van der Waals surface area contributed by atoms with Crippen molar-refractivity contribution in [2.24, 2.45) is 5.73 Å². The third kappa shape index (κ3) is 3.92. The number of hydrogen-bond acceptors (Lipinski definition) is 4. The number of pyridine rings is 1. The van der Waals surface area contributed by atoms with E-state index in [0.717, 1.165) is 11.1 Å². The van der Waals surface area contributed by atoms with Crippen LogP contribution in [0.4, 0.5) is 0 Å². The Morgan fingerprint density at radius 1 is 0.923 bits per heavy atom. The summed E-state index contributed by atoms with van der Waals surface area (Å²) in [6.45, 7) is 2.28. The summed E-state index contributed by atoms with van der Waals surface area (Å²) in [7, 11) is -3.98. The maximum absolute atomic E-state index is 12.8. The van der Waals surface area contributed by atoms with Gasteiger partial charge in [-0.25, -0.2) is 0 Å². The van der Waals surface area contributed by atoms with E-state index >= 15 is 0 Å². The first-order chi connectivity index (χ1) is 12.5. The third-order valence-electron chi connectivity index (χ3n) is 3.97. The molecule has 0 fully saturated rings. The highest BCUT2D eigenvalue weighted by molar-refractivity contribution is 7.86. The molecule has 26 heavy (non-hydrogen) atoms. The fourth-order valence-electron chi connectivity index (χ4n) is 2.63. The molecule has 0 bridgehead atoms. The van der Waals surface area contributed by atoms with Gasteiger partial charge in [-0.05, 0) is 37.3 Å². The van der Waals surface area contributed by atoms with Crippen LogP contribution >= 0.6 is 0 Å². The van der Waals surface area contributed by atoms with Crippen LogP contribution < -0.4 is 14.7 Å². The van der Waals surface area contributed by atoms with E-state index in [-0.39, 0.29) is 4.90 Å². The van der Waals surface area contributed by atoms with E-state index < -0.39 is 10.1 Å². The Balaban J connectivity index is 2.09. The summed E-state index contributed by atoms with van der Waals surface area (Å²) in [6.07, 6.45) is 0.490. The zero-order valence-electron chi connectivity index (χ0n) is 14.5. The molecular formula is C20H21N2O3S+. The predicted molar refractivity (Wildman–Crippen MR) is 99.8 cm³/mol. The normalized spacial score (nSPS) is 11.3. The molecule has 3 rings (SSSR count). The first kappa shape index (κ1) is 18.1. The summed E-state index contributed by atoms with van der Waals surface area (Å²) in [6, 6.07) is 21.6. The summed E-state index contributed by atoms with van der Waals surface area (Å²) in [5.74, 6) is 0. The lowest BCUT2D eigenvalue weighted by atomic mass is 10.1. The van der Waals surface area contributed by atoms with E-state index in [1.54, 1.807) is 24.3 Å². The lowest BCUT2D eigenvalue weighted by Gasteiger charge is -2.07. The third-order valence-corrected chi connectivity index (χ3v) is 5.17. The van der Waals surface area contributed by atoms with E-state index in [2.05, 4.69) is 0 Å². The number of hydrogen-bond donors (Lipinski definition) is 1. The van der Waals surface area contributed by atoms with Gasteiger partial charge in [-0.15, -0.1) is 4.28 Å². The smallest absolute Gasteiger partial charge is 0.330 e. The summed E-state index contributed by atoms with van der Waals surface area (Å²) < 4.78 is 32.4. The lowest BCUT2D eigenvalue weighted by Crippen LogP contribution is -2.51. The first-order valence-corrected chi connectivity index (χ1v) is 9.73. The molecule has 0 aliphatic carbocycles. The molecule has 0 saturated carbocycles. The number of aryl methyl sites for hydroxylation is 1. The SMILES string of the molecule is Cc1ccc(S(=O)(=O)O[n+]2c(CCN)cccc2-c2ccccc2)cc1. The van der Waals surface area contributed by atoms with Crippen molar-refractivity contribution in [3.63, 3.8) is 0 Å². The van der Waals surface area contributed by atoms with Crippen molar-refractivity contribution in [3.8, 4) is 11.3 Å². The Bertz CT molecular complexity index is 985. The van der Waals surface area contributed by atoms with Gasteiger partial charge >= 0.3 is 10.1 Å². The van der Waals surface area contributed by atoms with Crippen molar-refractivity contribution in [1.29, 1.82) is 0 Å². The molecule has 0 amide bonds. The molecule has 2 N–H and O–H groups in total. The highest BCUT2D eigenvalue weighted by atomic mass is 32.2. The van der Waals surface area contributed by atoms with Crippen LogP contribution in [0.15, 0.2) is 77.7 Å². The zero-order chi connectivity index (χ0) is 18.6. The number of benzene rings is 2. The second-order valence-corrected chi connectivity index (χ2v) is 7.47. The van der Waals surface area contributed by atoms with Gasteiger partial charge in [-0.1, -0.05) is 35.9 Å². The zero-order valence-corrected chi connectivity index (χ0v) is 15.3. The molecule has 1 aromatic heterocycles. The van der Waals surface area contributed by atoms with Crippen LogP contribution in [0.3, 0.4) is 0 Å². The minimum atomic E-state index is -3.98. The van der Waals surface area contributed by atoms with E-state index in [1.807, 2.05) is 55.5 Å². The topological polar surface area (TPSA) is 73.3 Å². The quantitative estimate of drug-likeness (QED) is 0.677. The standard InChI is InChI=1S/C20H21N2O3S/c1-16-10-12-19(13-11-16)26(23,24)25-22-18(14-15-21)8-5-9-20(22)17-6-3-2-4-7-17/h2-13H,14-15,21H2,1H3/q+1. The summed E-state index contributed by atoms with van der Waals surface area (Å²) in [5, 5.41) is 0. The van der Waals surface area contributed by atoms with Gasteiger partial charge in [0.05, 0.1) is 5.56 Å². The second kappa shape index (κ2) is 7.68. The molecule has 3 aromatic rings. The maximum atomic E-state index is 12.8. The molecule has 0 spiro atoms.